The number of rotatable bonds is 6. The SMILES string of the molecule is CCc1ccc(C(=O)NC(C)(CN)C(C)C)cc1[N+](=O)[O-]. The number of nitrogens with two attached hydrogens (primary N) is 1. The number of benzene rings is 1. The van der Waals surface area contributed by atoms with Crippen LogP contribution in [0.1, 0.15) is 43.6 Å². The van der Waals surface area contributed by atoms with Gasteiger partial charge in [0.15, 0.2) is 0 Å². The van der Waals surface area contributed by atoms with Gasteiger partial charge in [-0.2, -0.15) is 0 Å². The highest BCUT2D eigenvalue weighted by Crippen LogP contribution is 2.22. The molecule has 6 heteroatoms. The highest BCUT2D eigenvalue weighted by Gasteiger charge is 2.29. The molecule has 3 N–H and O–H groups in total. The van der Waals surface area contributed by atoms with Gasteiger partial charge in [-0.15, -0.1) is 0 Å². The van der Waals surface area contributed by atoms with Gasteiger partial charge in [0, 0.05) is 23.7 Å². The Kier molecular flexibility index (Phi) is 5.43. The standard InChI is InChI=1S/C15H23N3O3/c1-5-11-6-7-12(8-13(11)18(20)21)14(19)17-15(4,9-16)10(2)3/h6-8,10H,5,9,16H2,1-4H3,(H,17,19). The number of hydrogen-bond donors (Lipinski definition) is 2. The van der Waals surface area contributed by atoms with Crippen LogP contribution in [0, 0.1) is 16.0 Å². The number of carbonyl (C=O) groups excluding carboxylic acids is 1. The molecule has 1 rings (SSSR count). The number of amides is 1. The Morgan fingerprint density at radius 2 is 2.10 bits per heavy atom. The maximum Gasteiger partial charge on any atom is 0.273 e. The predicted octanol–water partition coefficient (Wildman–Crippen LogP) is 2.26. The zero-order valence-electron chi connectivity index (χ0n) is 13.0. The first-order valence-electron chi connectivity index (χ1n) is 7.05. The van der Waals surface area contributed by atoms with Gasteiger partial charge in [0.1, 0.15) is 0 Å². The molecular formula is C15H23N3O3. The first kappa shape index (κ1) is 17.1. The molecule has 0 heterocycles. The number of nitrogens with zero attached hydrogens (tertiary/aromatic N) is 1. The molecule has 1 atom stereocenters. The van der Waals surface area contributed by atoms with Crippen LogP contribution in [-0.2, 0) is 6.42 Å². The topological polar surface area (TPSA) is 98.3 Å². The van der Waals surface area contributed by atoms with E-state index >= 15 is 0 Å². The molecule has 6 nitrogen and oxygen atoms in total. The molecule has 0 aliphatic rings. The Labute approximate surface area is 124 Å². The number of aryl methyl sites for hydroxylation is 1. The molecule has 1 amide bonds. The highest BCUT2D eigenvalue weighted by molar-refractivity contribution is 5.95. The van der Waals surface area contributed by atoms with E-state index < -0.39 is 10.5 Å². The summed E-state index contributed by atoms with van der Waals surface area (Å²) in [6.07, 6.45) is 0.546. The number of carbonyl (C=O) groups is 1. The number of nitrogens with one attached hydrogen (secondary N) is 1. The Balaban J connectivity index is 3.09. The second-order valence-electron chi connectivity index (χ2n) is 5.68. The summed E-state index contributed by atoms with van der Waals surface area (Å²) in [5.74, 6) is -0.196. The largest absolute Gasteiger partial charge is 0.345 e. The van der Waals surface area contributed by atoms with Gasteiger partial charge in [0.05, 0.1) is 10.5 Å². The zero-order chi connectivity index (χ0) is 16.2. The summed E-state index contributed by atoms with van der Waals surface area (Å²) in [5, 5.41) is 13.9. The third kappa shape index (κ3) is 3.78. The second kappa shape index (κ2) is 6.67. The van der Waals surface area contributed by atoms with Crippen molar-refractivity contribution in [2.75, 3.05) is 6.54 Å². The van der Waals surface area contributed by atoms with Crippen LogP contribution >= 0.6 is 0 Å². The Bertz CT molecular complexity index is 543. The van der Waals surface area contributed by atoms with Crippen molar-refractivity contribution in [3.05, 3.63) is 39.4 Å². The first-order valence-corrected chi connectivity index (χ1v) is 7.05. The van der Waals surface area contributed by atoms with Crippen molar-refractivity contribution in [2.45, 2.75) is 39.7 Å². The van der Waals surface area contributed by atoms with Crippen LogP contribution in [0.5, 0.6) is 0 Å². The first-order chi connectivity index (χ1) is 9.75. The number of hydrogen-bond acceptors (Lipinski definition) is 4. The molecular weight excluding hydrogens is 270 g/mol. The maximum atomic E-state index is 12.3. The van der Waals surface area contributed by atoms with E-state index in [-0.39, 0.29) is 23.1 Å². The van der Waals surface area contributed by atoms with Gasteiger partial charge in [-0.05, 0) is 25.3 Å². The van der Waals surface area contributed by atoms with E-state index in [2.05, 4.69) is 5.32 Å². The summed E-state index contributed by atoms with van der Waals surface area (Å²) in [7, 11) is 0. The van der Waals surface area contributed by atoms with E-state index in [4.69, 9.17) is 5.73 Å². The van der Waals surface area contributed by atoms with E-state index in [9.17, 15) is 14.9 Å². The molecule has 0 fully saturated rings. The number of nitro groups is 1. The average Bonchev–Trinajstić information content (AvgIpc) is 2.45. The van der Waals surface area contributed by atoms with Gasteiger partial charge in [0.2, 0.25) is 0 Å². The van der Waals surface area contributed by atoms with E-state index in [0.717, 1.165) is 0 Å². The molecule has 1 unspecified atom stereocenters. The number of nitro benzene ring substituents is 1. The molecule has 1 aromatic carbocycles. The Morgan fingerprint density at radius 3 is 2.52 bits per heavy atom. The van der Waals surface area contributed by atoms with Crippen LogP contribution in [0.4, 0.5) is 5.69 Å². The van der Waals surface area contributed by atoms with Gasteiger partial charge in [-0.1, -0.05) is 26.8 Å². The van der Waals surface area contributed by atoms with Crippen molar-refractivity contribution in [3.63, 3.8) is 0 Å². The lowest BCUT2D eigenvalue weighted by atomic mass is 9.88. The van der Waals surface area contributed by atoms with E-state index in [1.54, 1.807) is 12.1 Å². The minimum absolute atomic E-state index is 0.0239. The van der Waals surface area contributed by atoms with Gasteiger partial charge in [-0.25, -0.2) is 0 Å². The average molecular weight is 293 g/mol. The smallest absolute Gasteiger partial charge is 0.273 e. The molecule has 0 aromatic heterocycles. The maximum absolute atomic E-state index is 12.3. The molecule has 0 bridgehead atoms. The zero-order valence-corrected chi connectivity index (χ0v) is 13.0. The molecule has 0 radical (unpaired) electrons. The van der Waals surface area contributed by atoms with E-state index in [0.29, 0.717) is 18.5 Å². The van der Waals surface area contributed by atoms with Crippen molar-refractivity contribution in [3.8, 4) is 0 Å². The van der Waals surface area contributed by atoms with E-state index in [1.165, 1.54) is 6.07 Å². The van der Waals surface area contributed by atoms with E-state index in [1.807, 2.05) is 27.7 Å². The minimum atomic E-state index is -0.546. The Morgan fingerprint density at radius 1 is 1.48 bits per heavy atom. The van der Waals surface area contributed by atoms with Gasteiger partial charge < -0.3 is 11.1 Å². The molecule has 1 aromatic rings. The Hall–Kier alpha value is -1.95. The lowest BCUT2D eigenvalue weighted by molar-refractivity contribution is -0.385. The van der Waals surface area contributed by atoms with Crippen molar-refractivity contribution >= 4 is 11.6 Å². The third-order valence-corrected chi connectivity index (χ3v) is 4.02. The molecule has 0 saturated carbocycles. The molecule has 0 aliphatic heterocycles. The summed E-state index contributed by atoms with van der Waals surface area (Å²) in [6, 6.07) is 4.56. The highest BCUT2D eigenvalue weighted by atomic mass is 16.6. The molecule has 0 saturated heterocycles. The van der Waals surface area contributed by atoms with Crippen LogP contribution in [0.3, 0.4) is 0 Å². The van der Waals surface area contributed by atoms with Gasteiger partial charge in [0.25, 0.3) is 11.6 Å². The van der Waals surface area contributed by atoms with Crippen LogP contribution in [0.2, 0.25) is 0 Å². The summed E-state index contributed by atoms with van der Waals surface area (Å²) in [5.41, 5.74) is 6.05. The van der Waals surface area contributed by atoms with Crippen molar-refractivity contribution in [1.82, 2.24) is 5.32 Å². The summed E-state index contributed by atoms with van der Waals surface area (Å²) < 4.78 is 0. The lowest BCUT2D eigenvalue weighted by Gasteiger charge is -2.33. The summed E-state index contributed by atoms with van der Waals surface area (Å²) in [6.45, 7) is 7.94. The van der Waals surface area contributed by atoms with Crippen LogP contribution in [0.25, 0.3) is 0 Å². The predicted molar refractivity (Wildman–Crippen MR) is 82.2 cm³/mol. The molecule has 116 valence electrons. The lowest BCUT2D eigenvalue weighted by Crippen LogP contribution is -2.55. The fourth-order valence-electron chi connectivity index (χ4n) is 1.94. The van der Waals surface area contributed by atoms with Gasteiger partial charge >= 0.3 is 0 Å². The summed E-state index contributed by atoms with van der Waals surface area (Å²) >= 11 is 0. The second-order valence-corrected chi connectivity index (χ2v) is 5.68. The fraction of sp³-hybridized carbons (Fsp3) is 0.533. The normalized spacial score (nSPS) is 13.8. The quantitative estimate of drug-likeness (QED) is 0.621. The molecule has 0 aliphatic carbocycles. The van der Waals surface area contributed by atoms with Crippen molar-refractivity contribution < 1.29 is 9.72 Å². The molecule has 0 spiro atoms. The van der Waals surface area contributed by atoms with Crippen molar-refractivity contribution in [1.29, 1.82) is 0 Å². The van der Waals surface area contributed by atoms with Crippen molar-refractivity contribution in [2.24, 2.45) is 11.7 Å². The fourth-order valence-corrected chi connectivity index (χ4v) is 1.94. The van der Waals surface area contributed by atoms with Gasteiger partial charge in [-0.3, -0.25) is 14.9 Å². The third-order valence-electron chi connectivity index (χ3n) is 4.02. The van der Waals surface area contributed by atoms with Crippen LogP contribution in [0.15, 0.2) is 18.2 Å². The van der Waals surface area contributed by atoms with Crippen LogP contribution < -0.4 is 11.1 Å². The van der Waals surface area contributed by atoms with Crippen LogP contribution in [-0.4, -0.2) is 22.9 Å². The summed E-state index contributed by atoms with van der Waals surface area (Å²) in [4.78, 5) is 22.9. The minimum Gasteiger partial charge on any atom is -0.345 e. The molecule has 21 heavy (non-hydrogen) atoms. The monoisotopic (exact) mass is 293 g/mol.